The van der Waals surface area contributed by atoms with Gasteiger partial charge in [-0.2, -0.15) is 0 Å². The normalized spacial score (nSPS) is 11.4. The van der Waals surface area contributed by atoms with E-state index in [0.717, 1.165) is 12.0 Å². The maximum atomic E-state index is 7.95. The summed E-state index contributed by atoms with van der Waals surface area (Å²) in [5.74, 6) is 0. The lowest BCUT2D eigenvalue weighted by Gasteiger charge is -2.26. The summed E-state index contributed by atoms with van der Waals surface area (Å²) in [7, 11) is 0. The molecule has 1 heteroatoms. The maximum Gasteiger partial charge on any atom is 0.0637 e. The van der Waals surface area contributed by atoms with Gasteiger partial charge in [0.1, 0.15) is 0 Å². The largest absolute Gasteiger partial charge is 0.300 e. The van der Waals surface area contributed by atoms with E-state index in [9.17, 15) is 0 Å². The second kappa shape index (κ2) is 5.50. The van der Waals surface area contributed by atoms with Crippen LogP contribution in [0, 0.1) is 10.8 Å². The summed E-state index contributed by atoms with van der Waals surface area (Å²) in [6.07, 6.45) is 6.39. The zero-order valence-corrected chi connectivity index (χ0v) is 10.1. The topological polar surface area (TPSA) is 23.9 Å². The van der Waals surface area contributed by atoms with Crippen molar-refractivity contribution >= 4 is 5.71 Å². The van der Waals surface area contributed by atoms with Gasteiger partial charge >= 0.3 is 0 Å². The Morgan fingerprint density at radius 3 is 2.27 bits per heavy atom. The first-order valence-electron chi connectivity index (χ1n) is 5.08. The average Bonchev–Trinajstić information content (AvgIpc) is 2.15. The zero-order valence-electron chi connectivity index (χ0n) is 10.1. The molecule has 0 amide bonds. The monoisotopic (exact) mass is 203 g/mol. The average molecular weight is 203 g/mol. The highest BCUT2D eigenvalue weighted by Gasteiger charge is 2.23. The number of hydrogen-bond donors (Lipinski definition) is 1. The molecule has 0 aliphatic carbocycles. The first-order valence-corrected chi connectivity index (χ1v) is 5.08. The van der Waals surface area contributed by atoms with Crippen LogP contribution in [-0.4, -0.2) is 5.71 Å². The van der Waals surface area contributed by atoms with Crippen molar-refractivity contribution in [2.75, 3.05) is 0 Å². The molecule has 0 aliphatic heterocycles. The summed E-state index contributed by atoms with van der Waals surface area (Å²) in [4.78, 5) is 0. The highest BCUT2D eigenvalue weighted by molar-refractivity contribution is 6.12. The molecular weight excluding hydrogens is 182 g/mol. The predicted molar refractivity (Wildman–Crippen MR) is 69.4 cm³/mol. The Labute approximate surface area is 93.4 Å². The maximum absolute atomic E-state index is 7.95. The van der Waals surface area contributed by atoms with E-state index in [2.05, 4.69) is 33.6 Å². The minimum Gasteiger partial charge on any atom is -0.300 e. The standard InChI is InChI=1S/C14H21N/c1-7-9-11(3)13(15)12(4)14(5,6)10-8-2/h7-9,15H,2-4,10H2,1,5-6H3/b9-7-,15-13?. The Kier molecular flexibility index (Phi) is 4.99. The SMILES string of the molecule is C=CCC(C)(C)C(=C)C(=N)C(=C)/C=C\C. The Morgan fingerprint density at radius 2 is 1.87 bits per heavy atom. The van der Waals surface area contributed by atoms with E-state index in [1.54, 1.807) is 0 Å². The van der Waals surface area contributed by atoms with E-state index < -0.39 is 0 Å². The lowest BCUT2D eigenvalue weighted by atomic mass is 9.78. The van der Waals surface area contributed by atoms with Gasteiger partial charge in [-0.1, -0.05) is 45.2 Å². The Hall–Kier alpha value is -1.37. The third kappa shape index (κ3) is 3.70. The quantitative estimate of drug-likeness (QED) is 0.378. The van der Waals surface area contributed by atoms with Crippen LogP contribution in [0.4, 0.5) is 0 Å². The van der Waals surface area contributed by atoms with E-state index in [-0.39, 0.29) is 5.41 Å². The van der Waals surface area contributed by atoms with Crippen molar-refractivity contribution in [2.24, 2.45) is 5.41 Å². The molecule has 0 spiro atoms. The van der Waals surface area contributed by atoms with Gasteiger partial charge in [0.25, 0.3) is 0 Å². The van der Waals surface area contributed by atoms with E-state index >= 15 is 0 Å². The van der Waals surface area contributed by atoms with Crippen LogP contribution < -0.4 is 0 Å². The molecule has 0 fully saturated rings. The molecule has 0 unspecified atom stereocenters. The summed E-state index contributed by atoms with van der Waals surface area (Å²) < 4.78 is 0. The number of hydrogen-bond acceptors (Lipinski definition) is 1. The van der Waals surface area contributed by atoms with Crippen molar-refractivity contribution in [2.45, 2.75) is 27.2 Å². The van der Waals surface area contributed by atoms with Crippen molar-refractivity contribution in [3.63, 3.8) is 0 Å². The molecule has 0 heterocycles. The fourth-order valence-electron chi connectivity index (χ4n) is 1.30. The minimum absolute atomic E-state index is 0.122. The molecule has 0 bridgehead atoms. The van der Waals surface area contributed by atoms with Gasteiger partial charge in [-0.25, -0.2) is 0 Å². The van der Waals surface area contributed by atoms with Crippen molar-refractivity contribution in [1.29, 1.82) is 5.41 Å². The van der Waals surface area contributed by atoms with Crippen LogP contribution in [-0.2, 0) is 0 Å². The summed E-state index contributed by atoms with van der Waals surface area (Å²) >= 11 is 0. The molecule has 0 aromatic carbocycles. The minimum atomic E-state index is -0.122. The van der Waals surface area contributed by atoms with Crippen LogP contribution in [0.15, 0.2) is 49.1 Å². The third-order valence-corrected chi connectivity index (χ3v) is 2.46. The van der Waals surface area contributed by atoms with Crippen LogP contribution in [0.3, 0.4) is 0 Å². The van der Waals surface area contributed by atoms with Crippen LogP contribution in [0.1, 0.15) is 27.2 Å². The molecule has 1 nitrogen and oxygen atoms in total. The van der Waals surface area contributed by atoms with Crippen molar-refractivity contribution < 1.29 is 0 Å². The zero-order chi connectivity index (χ0) is 12.1. The molecule has 0 saturated carbocycles. The molecule has 0 aromatic heterocycles. The number of nitrogens with one attached hydrogen (secondary N) is 1. The summed E-state index contributed by atoms with van der Waals surface area (Å²) in [5, 5.41) is 7.95. The molecule has 82 valence electrons. The van der Waals surface area contributed by atoms with Gasteiger partial charge in [0.2, 0.25) is 0 Å². The van der Waals surface area contributed by atoms with Gasteiger partial charge in [-0.3, -0.25) is 0 Å². The van der Waals surface area contributed by atoms with Crippen LogP contribution >= 0.6 is 0 Å². The molecule has 0 rings (SSSR count). The Bertz CT molecular complexity index is 316. The Balaban J connectivity index is 4.79. The van der Waals surface area contributed by atoms with Crippen LogP contribution in [0.25, 0.3) is 0 Å². The van der Waals surface area contributed by atoms with E-state index in [1.165, 1.54) is 0 Å². The molecule has 0 aliphatic rings. The molecule has 0 atom stereocenters. The van der Waals surface area contributed by atoms with Gasteiger partial charge in [0, 0.05) is 0 Å². The van der Waals surface area contributed by atoms with E-state index in [4.69, 9.17) is 5.41 Å². The van der Waals surface area contributed by atoms with Crippen LogP contribution in [0.2, 0.25) is 0 Å². The summed E-state index contributed by atoms with van der Waals surface area (Å²) in [6.45, 7) is 17.6. The Morgan fingerprint density at radius 1 is 1.33 bits per heavy atom. The molecule has 0 aromatic rings. The lowest BCUT2D eigenvalue weighted by molar-refractivity contribution is 0.473. The molecular formula is C14H21N. The van der Waals surface area contributed by atoms with Gasteiger partial charge in [0.15, 0.2) is 0 Å². The van der Waals surface area contributed by atoms with Crippen LogP contribution in [0.5, 0.6) is 0 Å². The lowest BCUT2D eigenvalue weighted by Crippen LogP contribution is -2.20. The van der Waals surface area contributed by atoms with E-state index in [0.29, 0.717) is 11.3 Å². The second-order valence-electron chi connectivity index (χ2n) is 4.26. The fraction of sp³-hybridized carbons (Fsp3) is 0.357. The van der Waals surface area contributed by atoms with Gasteiger partial charge in [-0.15, -0.1) is 6.58 Å². The van der Waals surface area contributed by atoms with E-state index in [1.807, 2.05) is 25.2 Å². The fourth-order valence-corrected chi connectivity index (χ4v) is 1.30. The second-order valence-corrected chi connectivity index (χ2v) is 4.26. The van der Waals surface area contributed by atoms with Gasteiger partial charge in [0.05, 0.1) is 5.71 Å². The first kappa shape index (κ1) is 13.6. The van der Waals surface area contributed by atoms with Crippen molar-refractivity contribution in [3.05, 3.63) is 49.1 Å². The molecule has 1 N–H and O–H groups in total. The number of allylic oxidation sites excluding steroid dienone is 5. The van der Waals surface area contributed by atoms with Gasteiger partial charge in [-0.05, 0) is 29.9 Å². The third-order valence-electron chi connectivity index (χ3n) is 2.46. The van der Waals surface area contributed by atoms with Gasteiger partial charge < -0.3 is 5.41 Å². The first-order chi connectivity index (χ1) is 6.86. The number of rotatable bonds is 6. The predicted octanol–water partition coefficient (Wildman–Crippen LogP) is 4.30. The summed E-state index contributed by atoms with van der Waals surface area (Å²) in [6, 6.07) is 0. The molecule has 0 saturated heterocycles. The van der Waals surface area contributed by atoms with Crippen molar-refractivity contribution in [1.82, 2.24) is 0 Å². The summed E-state index contributed by atoms with van der Waals surface area (Å²) in [5.41, 5.74) is 1.83. The highest BCUT2D eigenvalue weighted by atomic mass is 14.5. The molecule has 15 heavy (non-hydrogen) atoms. The smallest absolute Gasteiger partial charge is 0.0637 e. The highest BCUT2D eigenvalue weighted by Crippen LogP contribution is 2.31. The van der Waals surface area contributed by atoms with Crippen molar-refractivity contribution in [3.8, 4) is 0 Å². The molecule has 0 radical (unpaired) electrons.